The Balaban J connectivity index is 2.47. The molecule has 0 aliphatic heterocycles. The molecule has 3 rings (SSSR count). The zero-order valence-electron chi connectivity index (χ0n) is 13.7. The number of hydrogen-bond donors (Lipinski definition) is 0. The lowest BCUT2D eigenvalue weighted by Gasteiger charge is -2.17. The van der Waals surface area contributed by atoms with Crippen molar-refractivity contribution in [2.24, 2.45) is 7.05 Å². The number of hydrogen-bond acceptors (Lipinski definition) is 2. The van der Waals surface area contributed by atoms with E-state index in [1.54, 1.807) is 16.8 Å². The zero-order chi connectivity index (χ0) is 16.7. The molecule has 0 fully saturated rings. The Morgan fingerprint density at radius 3 is 2.43 bits per heavy atom. The molecule has 120 valence electrons. The van der Waals surface area contributed by atoms with Crippen LogP contribution in [0.2, 0.25) is 0 Å². The number of rotatable bonds is 3. The summed E-state index contributed by atoms with van der Waals surface area (Å²) in [4.78, 5) is 4.81. The summed E-state index contributed by atoms with van der Waals surface area (Å²) in [6.45, 7) is 6.16. The minimum Gasteiger partial charge on any atom is -0.250 e. The zero-order valence-corrected chi connectivity index (χ0v) is 14.4. The molecule has 0 N–H and O–H groups in total. The number of pyridine rings is 1. The number of aryl methyl sites for hydroxylation is 2. The third-order valence-corrected chi connectivity index (χ3v) is 4.36. The lowest BCUT2D eigenvalue weighted by molar-refractivity contribution is 0.628. The second kappa shape index (κ2) is 5.93. The minimum atomic E-state index is -0.251. The predicted molar refractivity (Wildman–Crippen MR) is 92.3 cm³/mol. The molecular weight excluding hydrogens is 313 g/mol. The van der Waals surface area contributed by atoms with Gasteiger partial charge in [0.1, 0.15) is 5.82 Å². The SMILES string of the molecule is Cc1nn(C)c2nc(C(C)C)c(CCl)c(-c3ccc(F)cc3)c12. The van der Waals surface area contributed by atoms with E-state index in [0.29, 0.717) is 5.88 Å². The highest BCUT2D eigenvalue weighted by Gasteiger charge is 2.21. The van der Waals surface area contributed by atoms with Gasteiger partial charge in [0, 0.05) is 18.5 Å². The third-order valence-electron chi connectivity index (χ3n) is 4.09. The molecule has 3 aromatic rings. The van der Waals surface area contributed by atoms with Crippen molar-refractivity contribution in [2.45, 2.75) is 32.6 Å². The van der Waals surface area contributed by atoms with E-state index in [2.05, 4.69) is 18.9 Å². The molecule has 0 amide bonds. The van der Waals surface area contributed by atoms with Gasteiger partial charge in [-0.1, -0.05) is 26.0 Å². The van der Waals surface area contributed by atoms with E-state index in [-0.39, 0.29) is 11.7 Å². The molecule has 0 atom stereocenters. The summed E-state index contributed by atoms with van der Waals surface area (Å²) in [6.07, 6.45) is 0. The molecule has 0 saturated heterocycles. The fraction of sp³-hybridized carbons (Fsp3) is 0.333. The fourth-order valence-electron chi connectivity index (χ4n) is 3.08. The van der Waals surface area contributed by atoms with E-state index in [1.807, 2.05) is 14.0 Å². The number of benzene rings is 1. The summed E-state index contributed by atoms with van der Waals surface area (Å²) in [5.41, 5.74) is 5.65. The summed E-state index contributed by atoms with van der Waals surface area (Å²) in [5.74, 6) is 0.346. The highest BCUT2D eigenvalue weighted by Crippen LogP contribution is 2.37. The maximum absolute atomic E-state index is 13.3. The molecule has 0 radical (unpaired) electrons. The Morgan fingerprint density at radius 1 is 1.22 bits per heavy atom. The van der Waals surface area contributed by atoms with Crippen LogP contribution in [-0.2, 0) is 12.9 Å². The van der Waals surface area contributed by atoms with Crippen LogP contribution in [-0.4, -0.2) is 14.8 Å². The van der Waals surface area contributed by atoms with Crippen molar-refractivity contribution in [3.8, 4) is 11.1 Å². The van der Waals surface area contributed by atoms with Gasteiger partial charge in [0.2, 0.25) is 0 Å². The van der Waals surface area contributed by atoms with Gasteiger partial charge >= 0.3 is 0 Å². The monoisotopic (exact) mass is 331 g/mol. The number of halogens is 2. The van der Waals surface area contributed by atoms with Gasteiger partial charge in [-0.2, -0.15) is 5.10 Å². The lowest BCUT2D eigenvalue weighted by atomic mass is 9.92. The molecule has 5 heteroatoms. The average Bonchev–Trinajstić information content (AvgIpc) is 2.80. The highest BCUT2D eigenvalue weighted by molar-refractivity contribution is 6.18. The van der Waals surface area contributed by atoms with Gasteiger partial charge in [-0.05, 0) is 36.1 Å². The van der Waals surface area contributed by atoms with Gasteiger partial charge in [0.15, 0.2) is 5.65 Å². The third kappa shape index (κ3) is 2.61. The number of alkyl halides is 1. The van der Waals surface area contributed by atoms with Crippen LogP contribution in [0.1, 0.15) is 36.7 Å². The molecule has 2 aromatic heterocycles. The fourth-order valence-corrected chi connectivity index (χ4v) is 3.35. The Kier molecular flexibility index (Phi) is 4.11. The molecule has 0 unspecified atom stereocenters. The largest absolute Gasteiger partial charge is 0.250 e. The molecule has 0 spiro atoms. The van der Waals surface area contributed by atoms with Crippen molar-refractivity contribution in [3.63, 3.8) is 0 Å². The first kappa shape index (κ1) is 15.9. The van der Waals surface area contributed by atoms with Crippen LogP contribution in [0.25, 0.3) is 22.2 Å². The first-order valence-electron chi connectivity index (χ1n) is 7.62. The minimum absolute atomic E-state index is 0.238. The first-order valence-corrected chi connectivity index (χ1v) is 8.15. The molecule has 0 saturated carbocycles. The van der Waals surface area contributed by atoms with Crippen molar-refractivity contribution in [2.75, 3.05) is 0 Å². The van der Waals surface area contributed by atoms with Gasteiger partial charge in [-0.3, -0.25) is 4.68 Å². The van der Waals surface area contributed by atoms with Gasteiger partial charge in [-0.15, -0.1) is 11.6 Å². The number of nitrogens with zero attached hydrogens (tertiary/aromatic N) is 3. The summed E-state index contributed by atoms with van der Waals surface area (Å²) in [7, 11) is 1.89. The Morgan fingerprint density at radius 2 is 1.87 bits per heavy atom. The van der Waals surface area contributed by atoms with E-state index >= 15 is 0 Å². The number of aromatic nitrogens is 3. The number of fused-ring (bicyclic) bond motifs is 1. The highest BCUT2D eigenvalue weighted by atomic mass is 35.5. The maximum Gasteiger partial charge on any atom is 0.158 e. The van der Waals surface area contributed by atoms with Gasteiger partial charge in [-0.25, -0.2) is 9.37 Å². The summed E-state index contributed by atoms with van der Waals surface area (Å²) >= 11 is 6.28. The first-order chi connectivity index (χ1) is 10.9. The van der Waals surface area contributed by atoms with Crippen LogP contribution < -0.4 is 0 Å². The Bertz CT molecular complexity index is 866. The molecule has 3 nitrogen and oxygen atoms in total. The molecule has 0 aliphatic carbocycles. The summed E-state index contributed by atoms with van der Waals surface area (Å²) in [5, 5.41) is 5.49. The van der Waals surface area contributed by atoms with Crippen LogP contribution in [0.15, 0.2) is 24.3 Å². The summed E-state index contributed by atoms with van der Waals surface area (Å²) < 4.78 is 15.1. The van der Waals surface area contributed by atoms with Gasteiger partial charge < -0.3 is 0 Å². The second-order valence-corrected chi connectivity index (χ2v) is 6.32. The van der Waals surface area contributed by atoms with Crippen LogP contribution in [0.4, 0.5) is 4.39 Å². The van der Waals surface area contributed by atoms with Crippen molar-refractivity contribution >= 4 is 22.6 Å². The van der Waals surface area contributed by atoms with Crippen LogP contribution in [0.5, 0.6) is 0 Å². The van der Waals surface area contributed by atoms with Crippen molar-refractivity contribution in [1.29, 1.82) is 0 Å². The van der Waals surface area contributed by atoms with E-state index < -0.39 is 0 Å². The summed E-state index contributed by atoms with van der Waals surface area (Å²) in [6, 6.07) is 6.52. The van der Waals surface area contributed by atoms with E-state index in [4.69, 9.17) is 16.6 Å². The Hall–Kier alpha value is -1.94. The molecule has 0 aliphatic rings. The molecule has 1 aromatic carbocycles. The van der Waals surface area contributed by atoms with Crippen molar-refractivity contribution in [1.82, 2.24) is 14.8 Å². The normalized spacial score (nSPS) is 11.6. The van der Waals surface area contributed by atoms with Crippen molar-refractivity contribution in [3.05, 3.63) is 47.0 Å². The Labute approximate surface area is 140 Å². The van der Waals surface area contributed by atoms with Crippen molar-refractivity contribution < 1.29 is 4.39 Å². The molecule has 0 bridgehead atoms. The van der Waals surface area contributed by atoms with E-state index in [1.165, 1.54) is 12.1 Å². The van der Waals surface area contributed by atoms with E-state index in [9.17, 15) is 4.39 Å². The van der Waals surface area contributed by atoms with E-state index in [0.717, 1.165) is 39.1 Å². The van der Waals surface area contributed by atoms with Gasteiger partial charge in [0.25, 0.3) is 0 Å². The molecule has 2 heterocycles. The van der Waals surface area contributed by atoms with Crippen LogP contribution >= 0.6 is 11.6 Å². The van der Waals surface area contributed by atoms with Gasteiger partial charge in [0.05, 0.1) is 16.8 Å². The maximum atomic E-state index is 13.3. The smallest absolute Gasteiger partial charge is 0.158 e. The lowest BCUT2D eigenvalue weighted by Crippen LogP contribution is -2.04. The topological polar surface area (TPSA) is 30.7 Å². The molecule has 23 heavy (non-hydrogen) atoms. The standard InChI is InChI=1S/C18H19ClFN3/c1-10(2)17-14(9-19)16(12-5-7-13(20)8-6-12)15-11(3)22-23(4)18(15)21-17/h5-8,10H,9H2,1-4H3. The quantitative estimate of drug-likeness (QED) is 0.636. The van der Waals surface area contributed by atoms with Crippen LogP contribution in [0, 0.1) is 12.7 Å². The average molecular weight is 332 g/mol. The second-order valence-electron chi connectivity index (χ2n) is 6.05. The molecular formula is C18H19ClFN3. The predicted octanol–water partition coefficient (Wildman–Crippen LogP) is 4.95. The van der Waals surface area contributed by atoms with Crippen LogP contribution in [0.3, 0.4) is 0 Å².